The Bertz CT molecular complexity index is 459. The Morgan fingerprint density at radius 1 is 1.33 bits per heavy atom. The molecule has 0 spiro atoms. The summed E-state index contributed by atoms with van der Waals surface area (Å²) in [7, 11) is -4.17. The van der Waals surface area contributed by atoms with Crippen LogP contribution in [0.25, 0.3) is 0 Å². The molecule has 5 heteroatoms. The number of hydrogen-bond acceptors (Lipinski definition) is 3. The van der Waals surface area contributed by atoms with Crippen molar-refractivity contribution in [1.29, 1.82) is 0 Å². The minimum Gasteiger partial charge on any atom is -0.384 e. The molecule has 0 amide bonds. The molecule has 1 aromatic rings. The van der Waals surface area contributed by atoms with Gasteiger partial charge in [0.05, 0.1) is 11.0 Å². The molecule has 0 heterocycles. The monoisotopic (exact) mass is 228 g/mol. The molecule has 0 aliphatic carbocycles. The van der Waals surface area contributed by atoms with Crippen LogP contribution in [0, 0.1) is 0 Å². The molecule has 15 heavy (non-hydrogen) atoms. The van der Waals surface area contributed by atoms with Crippen LogP contribution in [0.3, 0.4) is 0 Å². The molecule has 0 saturated carbocycles. The van der Waals surface area contributed by atoms with Gasteiger partial charge in [-0.05, 0) is 30.2 Å². The van der Waals surface area contributed by atoms with Crippen molar-refractivity contribution < 1.29 is 18.1 Å². The zero-order valence-electron chi connectivity index (χ0n) is 8.21. The second-order valence-electron chi connectivity index (χ2n) is 3.29. The first kappa shape index (κ1) is 11.9. The van der Waals surface area contributed by atoms with E-state index < -0.39 is 16.2 Å². The SMILES string of the molecule is C=C(C)C(O)c1ccc(S(=O)(=O)O)cc1. The van der Waals surface area contributed by atoms with E-state index in [0.717, 1.165) is 0 Å². The minimum absolute atomic E-state index is 0.194. The van der Waals surface area contributed by atoms with Crippen LogP contribution in [0.4, 0.5) is 0 Å². The van der Waals surface area contributed by atoms with E-state index in [4.69, 9.17) is 4.55 Å². The summed E-state index contributed by atoms with van der Waals surface area (Å²) >= 11 is 0. The average molecular weight is 228 g/mol. The molecule has 82 valence electrons. The Balaban J connectivity index is 3.06. The summed E-state index contributed by atoms with van der Waals surface area (Å²) in [5.74, 6) is 0. The molecule has 0 fully saturated rings. The van der Waals surface area contributed by atoms with Crippen LogP contribution in [0.1, 0.15) is 18.6 Å². The molecule has 1 rings (SSSR count). The van der Waals surface area contributed by atoms with Gasteiger partial charge in [0.1, 0.15) is 0 Å². The zero-order chi connectivity index (χ0) is 11.6. The van der Waals surface area contributed by atoms with Crippen molar-refractivity contribution in [3.8, 4) is 0 Å². The minimum atomic E-state index is -4.17. The number of aliphatic hydroxyl groups excluding tert-OH is 1. The van der Waals surface area contributed by atoms with Crippen LogP contribution < -0.4 is 0 Å². The van der Waals surface area contributed by atoms with E-state index in [1.165, 1.54) is 24.3 Å². The Hall–Kier alpha value is -1.17. The fraction of sp³-hybridized carbons (Fsp3) is 0.200. The van der Waals surface area contributed by atoms with Crippen LogP contribution in [-0.4, -0.2) is 18.1 Å². The molecule has 0 saturated heterocycles. The highest BCUT2D eigenvalue weighted by Crippen LogP contribution is 2.21. The standard InChI is InChI=1S/C10H12O4S/c1-7(2)10(11)8-3-5-9(6-4-8)15(12,13)14/h3-6,10-11H,1H2,2H3,(H,12,13,14). The highest BCUT2D eigenvalue weighted by atomic mass is 32.2. The maximum Gasteiger partial charge on any atom is 0.294 e. The van der Waals surface area contributed by atoms with Gasteiger partial charge in [0.15, 0.2) is 0 Å². The van der Waals surface area contributed by atoms with E-state index in [1.54, 1.807) is 6.92 Å². The van der Waals surface area contributed by atoms with Gasteiger partial charge in [-0.1, -0.05) is 18.7 Å². The van der Waals surface area contributed by atoms with Crippen molar-refractivity contribution in [2.45, 2.75) is 17.9 Å². The second kappa shape index (κ2) is 4.14. The number of aliphatic hydroxyl groups is 1. The summed E-state index contributed by atoms with van der Waals surface area (Å²) in [6, 6.07) is 5.33. The van der Waals surface area contributed by atoms with Gasteiger partial charge in [-0.25, -0.2) is 0 Å². The van der Waals surface area contributed by atoms with Crippen molar-refractivity contribution in [3.63, 3.8) is 0 Å². The average Bonchev–Trinajstić information content (AvgIpc) is 2.15. The smallest absolute Gasteiger partial charge is 0.294 e. The Morgan fingerprint density at radius 2 is 1.80 bits per heavy atom. The third kappa shape index (κ3) is 2.89. The Kier molecular flexibility index (Phi) is 3.28. The van der Waals surface area contributed by atoms with Gasteiger partial charge in [0.2, 0.25) is 0 Å². The predicted molar refractivity (Wildman–Crippen MR) is 56.0 cm³/mol. The van der Waals surface area contributed by atoms with Crippen LogP contribution in [-0.2, 0) is 10.1 Å². The van der Waals surface area contributed by atoms with Gasteiger partial charge in [0, 0.05) is 0 Å². The molecule has 0 aromatic heterocycles. The summed E-state index contributed by atoms with van der Waals surface area (Å²) in [6.45, 7) is 5.25. The summed E-state index contributed by atoms with van der Waals surface area (Å²) in [6.07, 6.45) is -0.819. The molecule has 1 aromatic carbocycles. The first-order valence-corrected chi connectivity index (χ1v) is 5.67. The third-order valence-electron chi connectivity index (χ3n) is 1.96. The normalized spacial score (nSPS) is 13.5. The summed E-state index contributed by atoms with van der Waals surface area (Å²) in [4.78, 5) is -0.194. The lowest BCUT2D eigenvalue weighted by Crippen LogP contribution is -2.01. The van der Waals surface area contributed by atoms with Gasteiger partial charge in [-0.3, -0.25) is 4.55 Å². The van der Waals surface area contributed by atoms with Crippen molar-refractivity contribution >= 4 is 10.1 Å². The van der Waals surface area contributed by atoms with Crippen molar-refractivity contribution in [1.82, 2.24) is 0 Å². The number of hydrogen-bond donors (Lipinski definition) is 2. The summed E-state index contributed by atoms with van der Waals surface area (Å²) in [5, 5.41) is 9.58. The maximum absolute atomic E-state index is 10.7. The third-order valence-corrected chi connectivity index (χ3v) is 2.83. The fourth-order valence-corrected chi connectivity index (χ4v) is 1.59. The second-order valence-corrected chi connectivity index (χ2v) is 4.71. The summed E-state index contributed by atoms with van der Waals surface area (Å²) in [5.41, 5.74) is 1.10. The van der Waals surface area contributed by atoms with Crippen LogP contribution in [0.5, 0.6) is 0 Å². The Morgan fingerprint density at radius 3 is 2.13 bits per heavy atom. The molecular formula is C10H12O4S. The molecule has 0 aliphatic rings. The number of benzene rings is 1. The molecule has 4 nitrogen and oxygen atoms in total. The highest BCUT2D eigenvalue weighted by Gasteiger charge is 2.11. The molecule has 0 bridgehead atoms. The van der Waals surface area contributed by atoms with E-state index in [-0.39, 0.29) is 4.90 Å². The van der Waals surface area contributed by atoms with Gasteiger partial charge in [-0.15, -0.1) is 0 Å². The topological polar surface area (TPSA) is 74.6 Å². The lowest BCUT2D eigenvalue weighted by molar-refractivity contribution is 0.216. The largest absolute Gasteiger partial charge is 0.384 e. The lowest BCUT2D eigenvalue weighted by atomic mass is 10.0. The van der Waals surface area contributed by atoms with Crippen molar-refractivity contribution in [3.05, 3.63) is 42.0 Å². The Labute approximate surface area is 88.6 Å². The van der Waals surface area contributed by atoms with Crippen molar-refractivity contribution in [2.24, 2.45) is 0 Å². The van der Waals surface area contributed by atoms with Crippen LogP contribution in [0.2, 0.25) is 0 Å². The van der Waals surface area contributed by atoms with Gasteiger partial charge < -0.3 is 5.11 Å². The number of rotatable bonds is 3. The van der Waals surface area contributed by atoms with Crippen LogP contribution >= 0.6 is 0 Å². The molecule has 1 atom stereocenters. The molecule has 0 radical (unpaired) electrons. The van der Waals surface area contributed by atoms with E-state index >= 15 is 0 Å². The van der Waals surface area contributed by atoms with E-state index in [9.17, 15) is 13.5 Å². The van der Waals surface area contributed by atoms with Crippen LogP contribution in [0.15, 0.2) is 41.3 Å². The molecule has 1 unspecified atom stereocenters. The highest BCUT2D eigenvalue weighted by molar-refractivity contribution is 7.85. The predicted octanol–water partition coefficient (Wildman–Crippen LogP) is 1.54. The van der Waals surface area contributed by atoms with E-state index in [0.29, 0.717) is 11.1 Å². The summed E-state index contributed by atoms with van der Waals surface area (Å²) < 4.78 is 30.2. The maximum atomic E-state index is 10.7. The quantitative estimate of drug-likeness (QED) is 0.608. The fourth-order valence-electron chi connectivity index (χ4n) is 1.11. The first-order chi connectivity index (χ1) is 6.82. The first-order valence-electron chi connectivity index (χ1n) is 4.23. The van der Waals surface area contributed by atoms with E-state index in [2.05, 4.69) is 6.58 Å². The van der Waals surface area contributed by atoms with E-state index in [1.807, 2.05) is 0 Å². The van der Waals surface area contributed by atoms with Gasteiger partial charge in [-0.2, -0.15) is 8.42 Å². The lowest BCUT2D eigenvalue weighted by Gasteiger charge is -2.10. The van der Waals surface area contributed by atoms with Gasteiger partial charge >= 0.3 is 0 Å². The molecular weight excluding hydrogens is 216 g/mol. The van der Waals surface area contributed by atoms with Gasteiger partial charge in [0.25, 0.3) is 10.1 Å². The van der Waals surface area contributed by atoms with Crippen molar-refractivity contribution in [2.75, 3.05) is 0 Å². The zero-order valence-corrected chi connectivity index (χ0v) is 9.03. The molecule has 2 N–H and O–H groups in total. The molecule has 0 aliphatic heterocycles.